The van der Waals surface area contributed by atoms with Crippen molar-refractivity contribution in [2.45, 2.75) is 19.9 Å². The second-order valence-corrected chi connectivity index (χ2v) is 5.71. The fraction of sp³-hybridized carbons (Fsp3) is 0.429. The second kappa shape index (κ2) is 7.89. The van der Waals surface area contributed by atoms with Crippen LogP contribution in [0, 0.1) is 11.7 Å². The van der Waals surface area contributed by atoms with Crippen LogP contribution in [0.3, 0.4) is 0 Å². The molecule has 0 aliphatic heterocycles. The highest BCUT2D eigenvalue weighted by Gasteiger charge is 2.18. The predicted molar refractivity (Wildman–Crippen MR) is 77.1 cm³/mol. The van der Waals surface area contributed by atoms with Crippen LogP contribution in [-0.2, 0) is 9.59 Å². The number of thioether (sulfide) groups is 1. The summed E-state index contributed by atoms with van der Waals surface area (Å²) in [4.78, 5) is 22.2. The highest BCUT2D eigenvalue weighted by Crippen LogP contribution is 2.22. The molecule has 0 heterocycles. The van der Waals surface area contributed by atoms with E-state index in [1.807, 2.05) is 13.8 Å². The Kier molecular flexibility index (Phi) is 6.51. The van der Waals surface area contributed by atoms with Crippen molar-refractivity contribution in [3.8, 4) is 0 Å². The molecule has 0 bridgehead atoms. The van der Waals surface area contributed by atoms with Crippen molar-refractivity contribution >= 4 is 23.6 Å². The molecule has 0 saturated heterocycles. The highest BCUT2D eigenvalue weighted by atomic mass is 32.2. The summed E-state index contributed by atoms with van der Waals surface area (Å²) in [5.41, 5.74) is 0.831. The third-order valence-electron chi connectivity index (χ3n) is 2.67. The van der Waals surface area contributed by atoms with Crippen molar-refractivity contribution in [1.82, 2.24) is 5.32 Å². The monoisotopic (exact) mass is 299 g/mol. The molecule has 0 fully saturated rings. The van der Waals surface area contributed by atoms with Crippen LogP contribution in [0.4, 0.5) is 4.39 Å². The van der Waals surface area contributed by atoms with Crippen molar-refractivity contribution in [3.63, 3.8) is 0 Å². The number of carbonyl (C=O) groups is 2. The molecule has 0 radical (unpaired) electrons. The Hall–Kier alpha value is -1.56. The maximum atomic E-state index is 12.9. The van der Waals surface area contributed by atoms with E-state index < -0.39 is 5.97 Å². The molecule has 4 nitrogen and oxygen atoms in total. The van der Waals surface area contributed by atoms with Crippen molar-refractivity contribution in [1.29, 1.82) is 0 Å². The van der Waals surface area contributed by atoms with Crippen LogP contribution in [0.1, 0.15) is 25.5 Å². The molecule has 1 aromatic rings. The number of aliphatic carboxylic acids is 1. The van der Waals surface area contributed by atoms with Gasteiger partial charge in [0, 0.05) is 0 Å². The van der Waals surface area contributed by atoms with E-state index in [2.05, 4.69) is 5.32 Å². The van der Waals surface area contributed by atoms with Crippen LogP contribution in [-0.4, -0.2) is 28.5 Å². The summed E-state index contributed by atoms with van der Waals surface area (Å²) in [5.74, 6) is -1.35. The predicted octanol–water partition coefficient (Wildman–Crippen LogP) is 2.46. The fourth-order valence-corrected chi connectivity index (χ4v) is 2.30. The van der Waals surface area contributed by atoms with Gasteiger partial charge in [0.1, 0.15) is 5.82 Å². The Morgan fingerprint density at radius 3 is 2.35 bits per heavy atom. The lowest BCUT2D eigenvalue weighted by atomic mass is 9.96. The first-order valence-electron chi connectivity index (χ1n) is 6.24. The van der Waals surface area contributed by atoms with Crippen molar-refractivity contribution in [2.24, 2.45) is 5.92 Å². The van der Waals surface area contributed by atoms with Crippen LogP contribution in [0.15, 0.2) is 24.3 Å². The number of hydrogen-bond acceptors (Lipinski definition) is 3. The molecular weight excluding hydrogens is 281 g/mol. The standard InChI is InChI=1S/C14H18FNO3S/c1-9(2)14(10-3-5-11(15)6-4-10)16-12(17)7-20-8-13(18)19/h3-6,9,14H,7-8H2,1-2H3,(H,16,17)(H,18,19). The van der Waals surface area contributed by atoms with Gasteiger partial charge in [-0.05, 0) is 23.6 Å². The van der Waals surface area contributed by atoms with Crippen LogP contribution in [0.2, 0.25) is 0 Å². The number of rotatable bonds is 7. The van der Waals surface area contributed by atoms with Crippen LogP contribution in [0.25, 0.3) is 0 Å². The maximum absolute atomic E-state index is 12.9. The Labute approximate surface area is 121 Å². The molecule has 0 aliphatic carbocycles. The van der Waals surface area contributed by atoms with Gasteiger partial charge in [0.25, 0.3) is 0 Å². The first kappa shape index (κ1) is 16.5. The average Bonchev–Trinajstić information content (AvgIpc) is 2.36. The lowest BCUT2D eigenvalue weighted by molar-refractivity contribution is -0.133. The lowest BCUT2D eigenvalue weighted by Gasteiger charge is -2.23. The van der Waals surface area contributed by atoms with Gasteiger partial charge in [0.2, 0.25) is 5.91 Å². The Morgan fingerprint density at radius 1 is 1.25 bits per heavy atom. The minimum absolute atomic E-state index is 0.0940. The zero-order chi connectivity index (χ0) is 15.1. The van der Waals surface area contributed by atoms with Gasteiger partial charge in [-0.2, -0.15) is 0 Å². The SMILES string of the molecule is CC(C)C(NC(=O)CSCC(=O)O)c1ccc(F)cc1. The summed E-state index contributed by atoms with van der Waals surface area (Å²) < 4.78 is 12.9. The number of halogens is 1. The molecule has 6 heteroatoms. The third kappa shape index (κ3) is 5.61. The summed E-state index contributed by atoms with van der Waals surface area (Å²) >= 11 is 1.05. The van der Waals surface area contributed by atoms with Gasteiger partial charge < -0.3 is 10.4 Å². The molecule has 0 aliphatic rings. The Morgan fingerprint density at radius 2 is 1.85 bits per heavy atom. The Bertz CT molecular complexity index is 462. The van der Waals surface area contributed by atoms with Gasteiger partial charge in [0.05, 0.1) is 17.5 Å². The Balaban J connectivity index is 2.61. The van der Waals surface area contributed by atoms with Crippen molar-refractivity contribution < 1.29 is 19.1 Å². The number of nitrogens with one attached hydrogen (secondary N) is 1. The molecule has 0 saturated carbocycles. The first-order valence-corrected chi connectivity index (χ1v) is 7.40. The van der Waals surface area contributed by atoms with Gasteiger partial charge in [-0.3, -0.25) is 9.59 Å². The quantitative estimate of drug-likeness (QED) is 0.811. The molecule has 110 valence electrons. The number of benzene rings is 1. The normalized spacial score (nSPS) is 12.2. The summed E-state index contributed by atoms with van der Waals surface area (Å²) in [5, 5.41) is 11.4. The first-order chi connectivity index (χ1) is 9.40. The molecule has 1 amide bonds. The average molecular weight is 299 g/mol. The van der Waals surface area contributed by atoms with Crippen LogP contribution < -0.4 is 5.32 Å². The molecule has 2 N–H and O–H groups in total. The fourth-order valence-electron chi connectivity index (χ4n) is 1.75. The van der Waals surface area contributed by atoms with E-state index in [4.69, 9.17) is 5.11 Å². The number of amides is 1. The van der Waals surface area contributed by atoms with Crippen molar-refractivity contribution in [3.05, 3.63) is 35.6 Å². The molecule has 1 rings (SSSR count). The summed E-state index contributed by atoms with van der Waals surface area (Å²) in [7, 11) is 0. The van der Waals surface area contributed by atoms with Gasteiger partial charge in [-0.15, -0.1) is 11.8 Å². The van der Waals surface area contributed by atoms with E-state index >= 15 is 0 Å². The van der Waals surface area contributed by atoms with Gasteiger partial charge in [0.15, 0.2) is 0 Å². The number of hydrogen-bond donors (Lipinski definition) is 2. The molecule has 0 aromatic heterocycles. The number of carboxylic acids is 1. The van der Waals surface area contributed by atoms with Crippen LogP contribution >= 0.6 is 11.8 Å². The molecule has 1 unspecified atom stereocenters. The topological polar surface area (TPSA) is 66.4 Å². The van der Waals surface area contributed by atoms with E-state index in [1.165, 1.54) is 12.1 Å². The zero-order valence-corrected chi connectivity index (χ0v) is 12.2. The largest absolute Gasteiger partial charge is 0.481 e. The molecule has 0 spiro atoms. The van der Waals surface area contributed by atoms with E-state index in [1.54, 1.807) is 12.1 Å². The van der Waals surface area contributed by atoms with Crippen molar-refractivity contribution in [2.75, 3.05) is 11.5 Å². The lowest BCUT2D eigenvalue weighted by Crippen LogP contribution is -2.33. The summed E-state index contributed by atoms with van der Waals surface area (Å²) in [6.07, 6.45) is 0. The third-order valence-corrected chi connectivity index (χ3v) is 3.59. The van der Waals surface area contributed by atoms with Crippen LogP contribution in [0.5, 0.6) is 0 Å². The smallest absolute Gasteiger partial charge is 0.313 e. The number of carboxylic acid groups (broad SMARTS) is 1. The molecule has 20 heavy (non-hydrogen) atoms. The summed E-state index contributed by atoms with van der Waals surface area (Å²) in [6.45, 7) is 3.91. The highest BCUT2D eigenvalue weighted by molar-refractivity contribution is 8.00. The van der Waals surface area contributed by atoms with Gasteiger partial charge >= 0.3 is 5.97 Å². The van der Waals surface area contributed by atoms with E-state index in [0.717, 1.165) is 17.3 Å². The minimum Gasteiger partial charge on any atom is -0.481 e. The van der Waals surface area contributed by atoms with E-state index in [-0.39, 0.29) is 35.2 Å². The summed E-state index contributed by atoms with van der Waals surface area (Å²) in [6, 6.07) is 5.79. The van der Waals surface area contributed by atoms with E-state index in [0.29, 0.717) is 0 Å². The minimum atomic E-state index is -0.943. The molecule has 1 atom stereocenters. The maximum Gasteiger partial charge on any atom is 0.313 e. The van der Waals surface area contributed by atoms with Gasteiger partial charge in [-0.25, -0.2) is 4.39 Å². The zero-order valence-electron chi connectivity index (χ0n) is 11.4. The van der Waals surface area contributed by atoms with E-state index in [9.17, 15) is 14.0 Å². The second-order valence-electron chi connectivity index (χ2n) is 4.73. The number of carbonyl (C=O) groups excluding carboxylic acids is 1. The molecular formula is C14H18FNO3S. The van der Waals surface area contributed by atoms with Gasteiger partial charge in [-0.1, -0.05) is 26.0 Å². The molecule has 1 aromatic carbocycles.